The Kier molecular flexibility index (Phi) is 7.33. The van der Waals surface area contributed by atoms with Gasteiger partial charge in [-0.05, 0) is 64.0 Å². The molecule has 1 fully saturated rings. The molecule has 0 radical (unpaired) electrons. The number of aryl methyl sites for hydroxylation is 1. The molecule has 1 unspecified atom stereocenters. The zero-order valence-corrected chi connectivity index (χ0v) is 17.3. The Balaban J connectivity index is 0.00000261. The van der Waals surface area contributed by atoms with Crippen LogP contribution in [-0.2, 0) is 9.53 Å². The average molecular weight is 414 g/mol. The molecule has 1 atom stereocenters. The zero-order valence-electron chi connectivity index (χ0n) is 15.7. The van der Waals surface area contributed by atoms with Crippen molar-refractivity contribution in [1.82, 2.24) is 15.6 Å². The van der Waals surface area contributed by atoms with Crippen LogP contribution in [0.15, 0.2) is 24.3 Å². The van der Waals surface area contributed by atoms with E-state index in [9.17, 15) is 9.18 Å². The standard InChI is InChI=1S/C19H24FN3O2S.ClH/c1-12-16(26-17(22-12)14-4-6-15(20)7-5-14)13(2)23-18(24)19(25-3)8-10-21-11-9-19;/h4-7,13,21H,8-11H2,1-3H3,(H,23,24);1H. The third-order valence-corrected chi connectivity index (χ3v) is 6.27. The van der Waals surface area contributed by atoms with Gasteiger partial charge in [0.25, 0.3) is 5.91 Å². The molecule has 148 valence electrons. The second-order valence-electron chi connectivity index (χ2n) is 6.62. The number of hydrogen-bond donors (Lipinski definition) is 2. The SMILES string of the molecule is COC1(C(=O)NC(C)c2sc(-c3ccc(F)cc3)nc2C)CCNCC1.Cl. The number of amides is 1. The molecule has 0 spiro atoms. The third-order valence-electron chi connectivity index (χ3n) is 4.88. The maximum absolute atomic E-state index is 13.1. The largest absolute Gasteiger partial charge is 0.368 e. The van der Waals surface area contributed by atoms with Crippen molar-refractivity contribution >= 4 is 29.7 Å². The molecule has 3 rings (SSSR count). The summed E-state index contributed by atoms with van der Waals surface area (Å²) in [6.07, 6.45) is 1.31. The summed E-state index contributed by atoms with van der Waals surface area (Å²) in [4.78, 5) is 18.4. The number of halogens is 2. The Morgan fingerprint density at radius 2 is 1.96 bits per heavy atom. The molecular weight excluding hydrogens is 389 g/mol. The monoisotopic (exact) mass is 413 g/mol. The molecule has 0 saturated carbocycles. The summed E-state index contributed by atoms with van der Waals surface area (Å²) < 4.78 is 18.7. The summed E-state index contributed by atoms with van der Waals surface area (Å²) in [6, 6.07) is 6.12. The number of methoxy groups -OCH3 is 1. The Morgan fingerprint density at radius 3 is 2.56 bits per heavy atom. The van der Waals surface area contributed by atoms with Crippen LogP contribution in [0.2, 0.25) is 0 Å². The van der Waals surface area contributed by atoms with Crippen molar-refractivity contribution in [2.45, 2.75) is 38.3 Å². The van der Waals surface area contributed by atoms with Crippen molar-refractivity contribution in [3.8, 4) is 10.6 Å². The van der Waals surface area contributed by atoms with Crippen LogP contribution in [0.25, 0.3) is 10.6 Å². The number of piperidine rings is 1. The van der Waals surface area contributed by atoms with Crippen LogP contribution in [0.1, 0.15) is 36.4 Å². The molecule has 8 heteroatoms. The summed E-state index contributed by atoms with van der Waals surface area (Å²) in [5.41, 5.74) is 0.979. The molecule has 1 saturated heterocycles. The molecule has 0 aliphatic carbocycles. The summed E-state index contributed by atoms with van der Waals surface area (Å²) >= 11 is 1.52. The first-order valence-corrected chi connectivity index (χ1v) is 9.57. The maximum atomic E-state index is 13.1. The number of nitrogens with zero attached hydrogens (tertiary/aromatic N) is 1. The van der Waals surface area contributed by atoms with Crippen LogP contribution in [0.5, 0.6) is 0 Å². The minimum Gasteiger partial charge on any atom is -0.368 e. The van der Waals surface area contributed by atoms with Gasteiger partial charge in [0.2, 0.25) is 0 Å². The Morgan fingerprint density at radius 1 is 1.33 bits per heavy atom. The van der Waals surface area contributed by atoms with Gasteiger partial charge in [0.15, 0.2) is 0 Å². The number of carbonyl (C=O) groups is 1. The van der Waals surface area contributed by atoms with Gasteiger partial charge in [-0.3, -0.25) is 4.79 Å². The highest BCUT2D eigenvalue weighted by Crippen LogP contribution is 2.32. The van der Waals surface area contributed by atoms with Gasteiger partial charge in [-0.2, -0.15) is 0 Å². The predicted octanol–water partition coefficient (Wildman–Crippen LogP) is 3.63. The van der Waals surface area contributed by atoms with Gasteiger partial charge < -0.3 is 15.4 Å². The summed E-state index contributed by atoms with van der Waals surface area (Å²) in [7, 11) is 1.60. The van der Waals surface area contributed by atoms with Crippen molar-refractivity contribution in [2.75, 3.05) is 20.2 Å². The van der Waals surface area contributed by atoms with E-state index in [2.05, 4.69) is 15.6 Å². The van der Waals surface area contributed by atoms with E-state index >= 15 is 0 Å². The molecule has 2 N–H and O–H groups in total. The highest BCUT2D eigenvalue weighted by atomic mass is 35.5. The quantitative estimate of drug-likeness (QED) is 0.785. The number of aromatic nitrogens is 1. The van der Waals surface area contributed by atoms with Crippen LogP contribution < -0.4 is 10.6 Å². The predicted molar refractivity (Wildman–Crippen MR) is 108 cm³/mol. The second-order valence-corrected chi connectivity index (χ2v) is 7.65. The van der Waals surface area contributed by atoms with E-state index < -0.39 is 5.60 Å². The van der Waals surface area contributed by atoms with Crippen molar-refractivity contribution in [3.05, 3.63) is 40.7 Å². The fraction of sp³-hybridized carbons (Fsp3) is 0.474. The first-order chi connectivity index (χ1) is 12.4. The zero-order chi connectivity index (χ0) is 18.7. The van der Waals surface area contributed by atoms with Gasteiger partial charge in [0, 0.05) is 12.7 Å². The molecule has 2 heterocycles. The molecule has 1 aromatic heterocycles. The van der Waals surface area contributed by atoms with E-state index in [0.29, 0.717) is 12.8 Å². The van der Waals surface area contributed by atoms with Crippen molar-refractivity contribution in [2.24, 2.45) is 0 Å². The van der Waals surface area contributed by atoms with E-state index in [1.165, 1.54) is 23.5 Å². The Labute approximate surface area is 169 Å². The smallest absolute Gasteiger partial charge is 0.252 e. The van der Waals surface area contributed by atoms with E-state index in [-0.39, 0.29) is 30.2 Å². The van der Waals surface area contributed by atoms with E-state index in [1.807, 2.05) is 13.8 Å². The number of rotatable bonds is 5. The summed E-state index contributed by atoms with van der Waals surface area (Å²) in [6.45, 7) is 5.42. The van der Waals surface area contributed by atoms with Gasteiger partial charge in [0.05, 0.1) is 16.6 Å². The van der Waals surface area contributed by atoms with Crippen LogP contribution >= 0.6 is 23.7 Å². The highest BCUT2D eigenvalue weighted by Gasteiger charge is 2.40. The van der Waals surface area contributed by atoms with Crippen LogP contribution in [0.3, 0.4) is 0 Å². The molecule has 2 aromatic rings. The van der Waals surface area contributed by atoms with Crippen molar-refractivity contribution in [1.29, 1.82) is 0 Å². The van der Waals surface area contributed by atoms with Crippen LogP contribution in [0.4, 0.5) is 4.39 Å². The number of benzene rings is 1. The third kappa shape index (κ3) is 4.66. The highest BCUT2D eigenvalue weighted by molar-refractivity contribution is 7.15. The van der Waals surface area contributed by atoms with Gasteiger partial charge in [0.1, 0.15) is 16.4 Å². The van der Waals surface area contributed by atoms with E-state index in [1.54, 1.807) is 19.2 Å². The molecule has 0 bridgehead atoms. The summed E-state index contributed by atoms with van der Waals surface area (Å²) in [5.74, 6) is -0.347. The molecular formula is C19H25ClFN3O2S. The molecule has 1 aromatic carbocycles. The molecule has 1 aliphatic heterocycles. The number of carbonyl (C=O) groups excluding carboxylic acids is 1. The lowest BCUT2D eigenvalue weighted by Gasteiger charge is -2.35. The Bertz CT molecular complexity index is 776. The fourth-order valence-corrected chi connectivity index (χ4v) is 4.35. The van der Waals surface area contributed by atoms with Crippen molar-refractivity contribution < 1.29 is 13.9 Å². The first kappa shape index (κ1) is 21.8. The van der Waals surface area contributed by atoms with Gasteiger partial charge in [-0.25, -0.2) is 9.37 Å². The van der Waals surface area contributed by atoms with Crippen LogP contribution in [-0.4, -0.2) is 36.7 Å². The fourth-order valence-electron chi connectivity index (χ4n) is 3.27. The molecule has 1 amide bonds. The van der Waals surface area contributed by atoms with Crippen molar-refractivity contribution in [3.63, 3.8) is 0 Å². The lowest BCUT2D eigenvalue weighted by atomic mass is 9.91. The first-order valence-electron chi connectivity index (χ1n) is 8.75. The van der Waals surface area contributed by atoms with E-state index in [4.69, 9.17) is 4.74 Å². The lowest BCUT2D eigenvalue weighted by Crippen LogP contribution is -2.54. The normalized spacial score (nSPS) is 17.0. The van der Waals surface area contributed by atoms with E-state index in [0.717, 1.165) is 34.2 Å². The molecule has 1 aliphatic rings. The maximum Gasteiger partial charge on any atom is 0.252 e. The van der Waals surface area contributed by atoms with Gasteiger partial charge >= 0.3 is 0 Å². The molecule has 27 heavy (non-hydrogen) atoms. The van der Waals surface area contributed by atoms with Gasteiger partial charge in [-0.15, -0.1) is 23.7 Å². The van der Waals surface area contributed by atoms with Gasteiger partial charge in [-0.1, -0.05) is 0 Å². The number of nitrogens with one attached hydrogen (secondary N) is 2. The second kappa shape index (κ2) is 9.10. The minimum atomic E-state index is -0.766. The number of ether oxygens (including phenoxy) is 1. The number of thiazole rings is 1. The lowest BCUT2D eigenvalue weighted by molar-refractivity contribution is -0.147. The average Bonchev–Trinajstić information content (AvgIpc) is 3.04. The Hall–Kier alpha value is -1.54. The molecule has 5 nitrogen and oxygen atoms in total. The van der Waals surface area contributed by atoms with Crippen LogP contribution in [0, 0.1) is 12.7 Å². The number of hydrogen-bond acceptors (Lipinski definition) is 5. The topological polar surface area (TPSA) is 63.2 Å². The summed E-state index contributed by atoms with van der Waals surface area (Å²) in [5, 5.41) is 7.17. The minimum absolute atomic E-state index is 0.